The molecule has 1 aliphatic rings. The van der Waals surface area contributed by atoms with Gasteiger partial charge >= 0.3 is 0 Å². The minimum atomic E-state index is -1.02. The van der Waals surface area contributed by atoms with Gasteiger partial charge in [-0.15, -0.1) is 0 Å². The van der Waals surface area contributed by atoms with Crippen molar-refractivity contribution in [3.8, 4) is 0 Å². The molecule has 7 heteroatoms. The largest absolute Gasteiger partial charge is 0.389 e. The Bertz CT molecular complexity index is 242. The lowest BCUT2D eigenvalue weighted by Crippen LogP contribution is -2.58. The first-order chi connectivity index (χ1) is 8.51. The average Bonchev–Trinajstić information content (AvgIpc) is 2.36. The minimum absolute atomic E-state index is 0.0970. The molecule has 6 unspecified atom stereocenters. The van der Waals surface area contributed by atoms with Crippen LogP contribution in [0, 0.1) is 0 Å². The molecule has 7 nitrogen and oxygen atoms in total. The predicted octanol–water partition coefficient (Wildman–Crippen LogP) is -2.15. The second-order valence-electron chi connectivity index (χ2n) is 4.49. The summed E-state index contributed by atoms with van der Waals surface area (Å²) < 4.78 is 15.9. The van der Waals surface area contributed by atoms with Crippen LogP contribution in [0.4, 0.5) is 0 Å². The van der Waals surface area contributed by atoms with Crippen LogP contribution in [0.1, 0.15) is 6.92 Å². The first-order valence-electron chi connectivity index (χ1n) is 6.01. The second-order valence-corrected chi connectivity index (χ2v) is 4.49. The molecule has 0 aromatic rings. The molecule has 0 radical (unpaired) electrons. The van der Waals surface area contributed by atoms with Gasteiger partial charge in [-0.2, -0.15) is 0 Å². The van der Waals surface area contributed by atoms with E-state index in [9.17, 15) is 15.3 Å². The van der Waals surface area contributed by atoms with Crippen LogP contribution >= 0.6 is 0 Å². The van der Waals surface area contributed by atoms with Crippen LogP contribution in [0.5, 0.6) is 0 Å². The Morgan fingerprint density at radius 2 is 2.00 bits per heavy atom. The summed E-state index contributed by atoms with van der Waals surface area (Å²) in [7, 11) is 1.43. The van der Waals surface area contributed by atoms with Gasteiger partial charge < -0.3 is 35.3 Å². The Balaban J connectivity index is 2.47. The second kappa shape index (κ2) is 7.34. The molecule has 0 spiro atoms. The van der Waals surface area contributed by atoms with Gasteiger partial charge in [-0.3, -0.25) is 0 Å². The molecule has 0 amide bonds. The molecule has 1 heterocycles. The lowest BCUT2D eigenvalue weighted by Gasteiger charge is -2.41. The van der Waals surface area contributed by atoms with Gasteiger partial charge in [0.15, 0.2) is 0 Å². The van der Waals surface area contributed by atoms with Crippen LogP contribution in [0.25, 0.3) is 0 Å². The first kappa shape index (κ1) is 15.8. The molecular formula is C11H23NO6. The maximum atomic E-state index is 9.85. The molecule has 1 rings (SSSR count). The van der Waals surface area contributed by atoms with Crippen molar-refractivity contribution in [1.29, 1.82) is 0 Å². The molecule has 0 aromatic carbocycles. The summed E-state index contributed by atoms with van der Waals surface area (Å²) in [6.45, 7) is 2.04. The SMILES string of the molecule is COC1C(COCC(O)CN)OC(C)C(O)C1O. The van der Waals surface area contributed by atoms with E-state index in [1.807, 2.05) is 0 Å². The molecule has 0 bridgehead atoms. The molecular weight excluding hydrogens is 242 g/mol. The van der Waals surface area contributed by atoms with Gasteiger partial charge in [0.1, 0.15) is 24.4 Å². The summed E-state index contributed by atoms with van der Waals surface area (Å²) in [5.41, 5.74) is 5.25. The molecule has 1 saturated heterocycles. The van der Waals surface area contributed by atoms with E-state index in [4.69, 9.17) is 19.9 Å². The number of aliphatic hydroxyl groups is 3. The molecule has 6 atom stereocenters. The normalized spacial score (nSPS) is 38.7. The van der Waals surface area contributed by atoms with Crippen LogP contribution in [-0.4, -0.2) is 78.8 Å². The van der Waals surface area contributed by atoms with Crippen molar-refractivity contribution in [3.05, 3.63) is 0 Å². The lowest BCUT2D eigenvalue weighted by molar-refractivity contribution is -0.235. The molecule has 108 valence electrons. The van der Waals surface area contributed by atoms with E-state index < -0.39 is 36.6 Å². The van der Waals surface area contributed by atoms with E-state index in [1.54, 1.807) is 6.92 Å². The summed E-state index contributed by atoms with van der Waals surface area (Å²) in [6.07, 6.45) is -4.38. The van der Waals surface area contributed by atoms with Gasteiger partial charge in [0, 0.05) is 13.7 Å². The predicted molar refractivity (Wildman–Crippen MR) is 63.0 cm³/mol. The maximum absolute atomic E-state index is 9.85. The van der Waals surface area contributed by atoms with E-state index in [0.29, 0.717) is 0 Å². The number of nitrogens with two attached hydrogens (primary N) is 1. The average molecular weight is 265 g/mol. The monoisotopic (exact) mass is 265 g/mol. The van der Waals surface area contributed by atoms with Gasteiger partial charge in [-0.25, -0.2) is 0 Å². The maximum Gasteiger partial charge on any atom is 0.114 e. The zero-order valence-electron chi connectivity index (χ0n) is 10.7. The van der Waals surface area contributed by atoms with Gasteiger partial charge in [0.25, 0.3) is 0 Å². The van der Waals surface area contributed by atoms with Gasteiger partial charge in [-0.1, -0.05) is 0 Å². The fraction of sp³-hybridized carbons (Fsp3) is 1.00. The number of methoxy groups -OCH3 is 1. The standard InChI is InChI=1S/C11H23NO6/c1-6-9(14)10(15)11(16-2)8(18-6)5-17-4-7(13)3-12/h6-11,13-15H,3-5,12H2,1-2H3. The van der Waals surface area contributed by atoms with E-state index in [-0.39, 0.29) is 19.8 Å². The zero-order valence-corrected chi connectivity index (χ0v) is 10.7. The topological polar surface area (TPSA) is 114 Å². The highest BCUT2D eigenvalue weighted by Gasteiger charge is 2.42. The van der Waals surface area contributed by atoms with Crippen LogP contribution in [0.15, 0.2) is 0 Å². The Morgan fingerprint density at radius 1 is 1.33 bits per heavy atom. The van der Waals surface area contributed by atoms with Crippen molar-refractivity contribution >= 4 is 0 Å². The van der Waals surface area contributed by atoms with Crippen LogP contribution in [-0.2, 0) is 14.2 Å². The molecule has 0 aromatic heterocycles. The number of hydrogen-bond donors (Lipinski definition) is 4. The fourth-order valence-electron chi connectivity index (χ4n) is 1.94. The Hall–Kier alpha value is -0.280. The van der Waals surface area contributed by atoms with E-state index >= 15 is 0 Å². The summed E-state index contributed by atoms with van der Waals surface area (Å²) in [5, 5.41) is 28.8. The van der Waals surface area contributed by atoms with Gasteiger partial charge in [0.2, 0.25) is 0 Å². The Morgan fingerprint density at radius 3 is 2.56 bits per heavy atom. The highest BCUT2D eigenvalue weighted by molar-refractivity contribution is 4.91. The molecule has 0 aliphatic carbocycles. The third-order valence-electron chi connectivity index (χ3n) is 3.06. The summed E-state index contributed by atoms with van der Waals surface area (Å²) in [6, 6.07) is 0. The molecule has 5 N–H and O–H groups in total. The summed E-state index contributed by atoms with van der Waals surface area (Å²) >= 11 is 0. The van der Waals surface area contributed by atoms with Crippen LogP contribution in [0.2, 0.25) is 0 Å². The highest BCUT2D eigenvalue weighted by atomic mass is 16.6. The lowest BCUT2D eigenvalue weighted by atomic mass is 9.96. The number of rotatable bonds is 6. The Labute approximate surface area is 106 Å². The fourth-order valence-corrected chi connectivity index (χ4v) is 1.94. The zero-order chi connectivity index (χ0) is 13.7. The summed E-state index contributed by atoms with van der Waals surface area (Å²) in [4.78, 5) is 0. The molecule has 1 fully saturated rings. The van der Waals surface area contributed by atoms with Crippen LogP contribution < -0.4 is 5.73 Å². The van der Waals surface area contributed by atoms with Crippen molar-refractivity contribution in [1.82, 2.24) is 0 Å². The van der Waals surface area contributed by atoms with Crippen LogP contribution in [0.3, 0.4) is 0 Å². The minimum Gasteiger partial charge on any atom is -0.389 e. The first-order valence-corrected chi connectivity index (χ1v) is 6.01. The number of ether oxygens (including phenoxy) is 3. The Kier molecular flexibility index (Phi) is 6.44. The van der Waals surface area contributed by atoms with Gasteiger partial charge in [-0.05, 0) is 6.92 Å². The highest BCUT2D eigenvalue weighted by Crippen LogP contribution is 2.23. The van der Waals surface area contributed by atoms with E-state index in [1.165, 1.54) is 7.11 Å². The third kappa shape index (κ3) is 3.86. The quantitative estimate of drug-likeness (QED) is 0.433. The van der Waals surface area contributed by atoms with Crippen molar-refractivity contribution < 1.29 is 29.5 Å². The van der Waals surface area contributed by atoms with Gasteiger partial charge in [0.05, 0.1) is 25.4 Å². The van der Waals surface area contributed by atoms with Crippen molar-refractivity contribution in [2.45, 2.75) is 43.5 Å². The molecule has 1 aliphatic heterocycles. The molecule has 18 heavy (non-hydrogen) atoms. The number of aliphatic hydroxyl groups excluding tert-OH is 3. The third-order valence-corrected chi connectivity index (χ3v) is 3.06. The van der Waals surface area contributed by atoms with E-state index in [2.05, 4.69) is 0 Å². The molecule has 0 saturated carbocycles. The van der Waals surface area contributed by atoms with E-state index in [0.717, 1.165) is 0 Å². The number of hydrogen-bond acceptors (Lipinski definition) is 7. The summed E-state index contributed by atoms with van der Waals surface area (Å²) in [5.74, 6) is 0. The smallest absolute Gasteiger partial charge is 0.114 e. The van der Waals surface area contributed by atoms with Crippen molar-refractivity contribution in [3.63, 3.8) is 0 Å². The van der Waals surface area contributed by atoms with Crippen molar-refractivity contribution in [2.24, 2.45) is 5.73 Å². The van der Waals surface area contributed by atoms with Crippen molar-refractivity contribution in [2.75, 3.05) is 26.9 Å².